The number of rotatable bonds is 6. The molecule has 0 radical (unpaired) electrons. The van der Waals surface area contributed by atoms with Gasteiger partial charge in [0.1, 0.15) is 6.42 Å². The molecule has 0 aliphatic carbocycles. The molecule has 0 aliphatic heterocycles. The first kappa shape index (κ1) is 13.0. The summed E-state index contributed by atoms with van der Waals surface area (Å²) in [4.78, 5) is 42.3. The summed E-state index contributed by atoms with van der Waals surface area (Å²) in [6.45, 7) is 3.13. The molecule has 0 spiro atoms. The van der Waals surface area contributed by atoms with E-state index in [1.54, 1.807) is 0 Å². The molecule has 0 saturated heterocycles. The van der Waals surface area contributed by atoms with E-state index in [0.717, 1.165) is 6.08 Å². The molecule has 0 aromatic heterocycles. The minimum atomic E-state index is -1.17. The summed E-state index contributed by atoms with van der Waals surface area (Å²) in [5.74, 6) is -3.69. The van der Waals surface area contributed by atoms with Crippen LogP contribution in [0.4, 0.5) is 0 Å². The molecular weight excluding hydrogens is 204 g/mol. The quantitative estimate of drug-likeness (QED) is 0.381. The lowest BCUT2D eigenvalue weighted by Gasteiger charge is -1.99. The van der Waals surface area contributed by atoms with E-state index in [2.05, 4.69) is 11.3 Å². The van der Waals surface area contributed by atoms with Crippen LogP contribution in [0, 0.1) is 0 Å². The Bertz CT molecular complexity index is 304. The minimum absolute atomic E-state index is 0.399. The van der Waals surface area contributed by atoms with E-state index in [1.807, 2.05) is 0 Å². The molecule has 0 fully saturated rings. The molecule has 0 rings (SSSR count). The topological polar surface area (TPSA) is 97.7 Å². The number of esters is 2. The van der Waals surface area contributed by atoms with E-state index in [-0.39, 0.29) is 0 Å². The van der Waals surface area contributed by atoms with E-state index >= 15 is 0 Å². The average molecular weight is 214 g/mol. The molecular formula is C9H10O6. The second-order valence-corrected chi connectivity index (χ2v) is 2.59. The van der Waals surface area contributed by atoms with Gasteiger partial charge in [0, 0.05) is 0 Å². The molecule has 0 saturated carbocycles. The maximum Gasteiger partial charge on any atom is 0.321 e. The zero-order chi connectivity index (χ0) is 11.8. The van der Waals surface area contributed by atoms with Gasteiger partial charge in [0.25, 0.3) is 0 Å². The number of ether oxygens (including phenoxy) is 1. The maximum atomic E-state index is 10.8. The summed E-state index contributed by atoms with van der Waals surface area (Å²) in [5.41, 5.74) is 0. The van der Waals surface area contributed by atoms with Crippen LogP contribution >= 0.6 is 0 Å². The van der Waals surface area contributed by atoms with Gasteiger partial charge >= 0.3 is 17.9 Å². The lowest BCUT2D eigenvalue weighted by molar-refractivity contribution is -0.161. The van der Waals surface area contributed by atoms with E-state index < -0.39 is 43.0 Å². The number of ketones is 1. The van der Waals surface area contributed by atoms with Crippen LogP contribution in [0.25, 0.3) is 0 Å². The summed E-state index contributed by atoms with van der Waals surface area (Å²) < 4.78 is 4.16. The SMILES string of the molecule is C=CC(=O)CC(=O)OC(=O)CCC(=O)O. The van der Waals surface area contributed by atoms with Gasteiger partial charge in [-0.3, -0.25) is 19.2 Å². The van der Waals surface area contributed by atoms with Crippen LogP contribution in [0.5, 0.6) is 0 Å². The van der Waals surface area contributed by atoms with Crippen molar-refractivity contribution in [2.45, 2.75) is 19.3 Å². The van der Waals surface area contributed by atoms with Gasteiger partial charge in [0.05, 0.1) is 12.8 Å². The molecule has 0 aromatic rings. The molecule has 0 aliphatic rings. The standard InChI is InChI=1S/C9H10O6/c1-2-6(10)5-9(14)15-8(13)4-3-7(11)12/h2H,1,3-5H2,(H,11,12). The van der Waals surface area contributed by atoms with Crippen molar-refractivity contribution < 1.29 is 29.0 Å². The summed E-state index contributed by atoms with van der Waals surface area (Å²) in [6.07, 6.45) is -0.448. The third kappa shape index (κ3) is 7.12. The highest BCUT2D eigenvalue weighted by molar-refractivity contribution is 6.03. The molecule has 6 nitrogen and oxygen atoms in total. The van der Waals surface area contributed by atoms with Gasteiger partial charge in [-0.05, 0) is 6.08 Å². The predicted octanol–water partition coefficient (Wildman–Crippen LogP) is 0.0662. The third-order valence-electron chi connectivity index (χ3n) is 1.32. The Hall–Kier alpha value is -1.98. The van der Waals surface area contributed by atoms with Crippen molar-refractivity contribution in [3.05, 3.63) is 12.7 Å². The number of carbonyl (C=O) groups excluding carboxylic acids is 3. The van der Waals surface area contributed by atoms with Crippen molar-refractivity contribution in [2.75, 3.05) is 0 Å². The number of allylic oxidation sites excluding steroid dienone is 1. The Morgan fingerprint density at radius 3 is 2.20 bits per heavy atom. The number of hydrogen-bond donors (Lipinski definition) is 1. The molecule has 82 valence electrons. The van der Waals surface area contributed by atoms with Crippen molar-refractivity contribution in [1.29, 1.82) is 0 Å². The van der Waals surface area contributed by atoms with E-state index in [9.17, 15) is 19.2 Å². The zero-order valence-corrected chi connectivity index (χ0v) is 7.89. The van der Waals surface area contributed by atoms with Crippen LogP contribution in [-0.4, -0.2) is 28.8 Å². The number of carboxylic acids is 1. The van der Waals surface area contributed by atoms with E-state index in [1.165, 1.54) is 0 Å². The van der Waals surface area contributed by atoms with Crippen molar-refractivity contribution in [1.82, 2.24) is 0 Å². The molecule has 6 heteroatoms. The van der Waals surface area contributed by atoms with Gasteiger partial charge in [0.2, 0.25) is 0 Å². The molecule has 0 bridgehead atoms. The van der Waals surface area contributed by atoms with Crippen molar-refractivity contribution >= 4 is 23.7 Å². The van der Waals surface area contributed by atoms with Gasteiger partial charge < -0.3 is 9.84 Å². The van der Waals surface area contributed by atoms with Crippen LogP contribution in [0.15, 0.2) is 12.7 Å². The molecule has 1 N–H and O–H groups in total. The lowest BCUT2D eigenvalue weighted by Crippen LogP contribution is -2.15. The average Bonchev–Trinajstić information content (AvgIpc) is 2.14. The predicted molar refractivity (Wildman–Crippen MR) is 47.8 cm³/mol. The van der Waals surface area contributed by atoms with Gasteiger partial charge in [-0.2, -0.15) is 0 Å². The fourth-order valence-corrected chi connectivity index (χ4v) is 0.638. The first-order valence-electron chi connectivity index (χ1n) is 4.06. The molecule has 0 atom stereocenters. The van der Waals surface area contributed by atoms with E-state index in [0.29, 0.717) is 0 Å². The summed E-state index contributed by atoms with van der Waals surface area (Å²) in [5, 5.41) is 8.22. The smallest absolute Gasteiger partial charge is 0.321 e. The first-order chi connectivity index (χ1) is 6.95. The lowest BCUT2D eigenvalue weighted by atomic mass is 10.3. The monoisotopic (exact) mass is 214 g/mol. The van der Waals surface area contributed by atoms with Crippen molar-refractivity contribution in [3.8, 4) is 0 Å². The Balaban J connectivity index is 3.86. The van der Waals surface area contributed by atoms with Gasteiger partial charge in [-0.15, -0.1) is 0 Å². The summed E-state index contributed by atoms with van der Waals surface area (Å²) >= 11 is 0. The first-order valence-corrected chi connectivity index (χ1v) is 4.06. The summed E-state index contributed by atoms with van der Waals surface area (Å²) in [6, 6.07) is 0. The van der Waals surface area contributed by atoms with Crippen LogP contribution < -0.4 is 0 Å². The highest BCUT2D eigenvalue weighted by atomic mass is 16.6. The highest BCUT2D eigenvalue weighted by Gasteiger charge is 2.14. The number of aliphatic carboxylic acids is 1. The van der Waals surface area contributed by atoms with Crippen LogP contribution in [0.2, 0.25) is 0 Å². The van der Waals surface area contributed by atoms with Crippen molar-refractivity contribution in [2.24, 2.45) is 0 Å². The zero-order valence-electron chi connectivity index (χ0n) is 7.89. The second-order valence-electron chi connectivity index (χ2n) is 2.59. The Kier molecular flexibility index (Phi) is 5.62. The molecule has 0 amide bonds. The molecule has 0 unspecified atom stereocenters. The fraction of sp³-hybridized carbons (Fsp3) is 0.333. The van der Waals surface area contributed by atoms with Gasteiger partial charge in [-0.25, -0.2) is 0 Å². The van der Waals surface area contributed by atoms with Crippen LogP contribution in [0.3, 0.4) is 0 Å². The number of carboxylic acid groups (broad SMARTS) is 1. The van der Waals surface area contributed by atoms with Crippen molar-refractivity contribution in [3.63, 3.8) is 0 Å². The minimum Gasteiger partial charge on any atom is -0.481 e. The second kappa shape index (κ2) is 6.47. The number of hydrogen-bond acceptors (Lipinski definition) is 5. The highest BCUT2D eigenvalue weighted by Crippen LogP contribution is 1.96. The Labute approximate surface area is 85.5 Å². The van der Waals surface area contributed by atoms with Gasteiger partial charge in [-0.1, -0.05) is 6.58 Å². The molecule has 0 aromatic carbocycles. The normalized spacial score (nSPS) is 9.07. The van der Waals surface area contributed by atoms with Gasteiger partial charge in [0.15, 0.2) is 5.78 Å². The fourth-order valence-electron chi connectivity index (χ4n) is 0.638. The largest absolute Gasteiger partial charge is 0.481 e. The molecule has 15 heavy (non-hydrogen) atoms. The summed E-state index contributed by atoms with van der Waals surface area (Å²) in [7, 11) is 0. The third-order valence-corrected chi connectivity index (χ3v) is 1.32. The number of carbonyl (C=O) groups is 4. The van der Waals surface area contributed by atoms with E-state index in [4.69, 9.17) is 5.11 Å². The van der Waals surface area contributed by atoms with Crippen LogP contribution in [-0.2, 0) is 23.9 Å². The molecule has 0 heterocycles. The maximum absolute atomic E-state index is 10.8. The van der Waals surface area contributed by atoms with Crippen LogP contribution in [0.1, 0.15) is 19.3 Å². The Morgan fingerprint density at radius 2 is 1.73 bits per heavy atom. The Morgan fingerprint density at radius 1 is 1.13 bits per heavy atom.